The fourth-order valence-electron chi connectivity index (χ4n) is 2.25. The van der Waals surface area contributed by atoms with Crippen molar-refractivity contribution in [1.82, 2.24) is 5.32 Å². The van der Waals surface area contributed by atoms with Gasteiger partial charge in [-0.15, -0.1) is 0 Å². The SMILES string of the molecule is COC(=O)C(O)C(CCC1CCC1)NC(=O)OC(C)(C)C. The first-order chi connectivity index (χ1) is 9.73. The molecule has 0 spiro atoms. The normalized spacial score (nSPS) is 18.3. The number of hydrogen-bond donors (Lipinski definition) is 2. The van der Waals surface area contributed by atoms with E-state index in [0.717, 1.165) is 6.42 Å². The van der Waals surface area contributed by atoms with Crippen molar-refractivity contribution in [2.45, 2.75) is 70.6 Å². The van der Waals surface area contributed by atoms with E-state index in [2.05, 4.69) is 10.1 Å². The Morgan fingerprint density at radius 3 is 2.38 bits per heavy atom. The number of aliphatic hydroxyl groups excluding tert-OH is 1. The topological polar surface area (TPSA) is 84.9 Å². The first-order valence-electron chi connectivity index (χ1n) is 7.48. The van der Waals surface area contributed by atoms with Crippen LogP contribution in [-0.4, -0.2) is 42.0 Å². The average Bonchev–Trinajstić information content (AvgIpc) is 2.31. The predicted molar refractivity (Wildman–Crippen MR) is 77.8 cm³/mol. The Morgan fingerprint density at radius 1 is 1.33 bits per heavy atom. The van der Waals surface area contributed by atoms with Gasteiger partial charge in [-0.25, -0.2) is 9.59 Å². The molecule has 2 atom stereocenters. The lowest BCUT2D eigenvalue weighted by molar-refractivity contribution is -0.152. The van der Waals surface area contributed by atoms with Crippen molar-refractivity contribution in [2.24, 2.45) is 5.92 Å². The van der Waals surface area contributed by atoms with E-state index >= 15 is 0 Å². The van der Waals surface area contributed by atoms with Gasteiger partial charge in [-0.05, 0) is 39.5 Å². The molecule has 0 aromatic rings. The van der Waals surface area contributed by atoms with Crippen LogP contribution in [0.2, 0.25) is 0 Å². The zero-order valence-electron chi connectivity index (χ0n) is 13.3. The molecule has 2 N–H and O–H groups in total. The second kappa shape index (κ2) is 7.64. The molecule has 0 aromatic carbocycles. The van der Waals surface area contributed by atoms with Crippen molar-refractivity contribution in [3.05, 3.63) is 0 Å². The molecule has 2 unspecified atom stereocenters. The lowest BCUT2D eigenvalue weighted by Gasteiger charge is -2.29. The quantitative estimate of drug-likeness (QED) is 0.733. The summed E-state index contributed by atoms with van der Waals surface area (Å²) in [6.07, 6.45) is 2.97. The number of rotatable bonds is 6. The molecule has 122 valence electrons. The van der Waals surface area contributed by atoms with E-state index in [4.69, 9.17) is 4.74 Å². The molecular formula is C15H27NO5. The molecule has 0 radical (unpaired) electrons. The van der Waals surface area contributed by atoms with Crippen molar-refractivity contribution < 1.29 is 24.2 Å². The second-order valence-corrected chi connectivity index (χ2v) is 6.59. The summed E-state index contributed by atoms with van der Waals surface area (Å²) in [5.74, 6) is -0.123. The van der Waals surface area contributed by atoms with E-state index in [9.17, 15) is 14.7 Å². The van der Waals surface area contributed by atoms with Crippen LogP contribution < -0.4 is 5.32 Å². The number of ether oxygens (including phenoxy) is 2. The number of esters is 1. The van der Waals surface area contributed by atoms with Gasteiger partial charge in [-0.1, -0.05) is 19.3 Å². The van der Waals surface area contributed by atoms with Gasteiger partial charge in [0, 0.05) is 0 Å². The molecule has 1 fully saturated rings. The smallest absolute Gasteiger partial charge is 0.407 e. The van der Waals surface area contributed by atoms with Gasteiger partial charge in [-0.2, -0.15) is 0 Å². The summed E-state index contributed by atoms with van der Waals surface area (Å²) < 4.78 is 9.71. The highest BCUT2D eigenvalue weighted by Crippen LogP contribution is 2.31. The molecule has 6 heteroatoms. The van der Waals surface area contributed by atoms with Crippen LogP contribution in [0.3, 0.4) is 0 Å². The molecule has 21 heavy (non-hydrogen) atoms. The number of amides is 1. The van der Waals surface area contributed by atoms with Crippen LogP contribution >= 0.6 is 0 Å². The number of methoxy groups -OCH3 is 1. The van der Waals surface area contributed by atoms with Gasteiger partial charge < -0.3 is 19.9 Å². The summed E-state index contributed by atoms with van der Waals surface area (Å²) >= 11 is 0. The third-order valence-electron chi connectivity index (χ3n) is 3.64. The van der Waals surface area contributed by atoms with Crippen molar-refractivity contribution in [3.8, 4) is 0 Å². The molecule has 0 saturated heterocycles. The van der Waals surface area contributed by atoms with Crippen LogP contribution in [-0.2, 0) is 14.3 Å². The summed E-state index contributed by atoms with van der Waals surface area (Å²) in [6.45, 7) is 5.27. The lowest BCUT2D eigenvalue weighted by Crippen LogP contribution is -2.49. The minimum atomic E-state index is -1.37. The summed E-state index contributed by atoms with van der Waals surface area (Å²) in [5.41, 5.74) is -0.626. The third kappa shape index (κ3) is 6.33. The maximum atomic E-state index is 11.8. The summed E-state index contributed by atoms with van der Waals surface area (Å²) in [6, 6.07) is -0.687. The number of aliphatic hydroxyl groups is 1. The number of carbonyl (C=O) groups excluding carboxylic acids is 2. The molecule has 1 saturated carbocycles. The van der Waals surface area contributed by atoms with Crippen molar-refractivity contribution in [2.75, 3.05) is 7.11 Å². The van der Waals surface area contributed by atoms with Crippen molar-refractivity contribution in [3.63, 3.8) is 0 Å². The van der Waals surface area contributed by atoms with E-state index < -0.39 is 29.8 Å². The largest absolute Gasteiger partial charge is 0.467 e. The minimum absolute atomic E-state index is 0.528. The van der Waals surface area contributed by atoms with E-state index in [-0.39, 0.29) is 0 Å². The molecule has 1 amide bonds. The van der Waals surface area contributed by atoms with E-state index in [0.29, 0.717) is 12.3 Å². The number of alkyl carbamates (subject to hydrolysis) is 1. The van der Waals surface area contributed by atoms with Gasteiger partial charge in [0.05, 0.1) is 13.2 Å². The maximum absolute atomic E-state index is 11.8. The molecule has 0 aromatic heterocycles. The molecule has 0 heterocycles. The second-order valence-electron chi connectivity index (χ2n) is 6.59. The molecule has 6 nitrogen and oxygen atoms in total. The highest BCUT2D eigenvalue weighted by molar-refractivity contribution is 5.76. The van der Waals surface area contributed by atoms with Crippen molar-refractivity contribution >= 4 is 12.1 Å². The first-order valence-corrected chi connectivity index (χ1v) is 7.48. The van der Waals surface area contributed by atoms with E-state index in [1.165, 1.54) is 26.4 Å². The predicted octanol–water partition coefficient (Wildman–Crippen LogP) is 1.99. The zero-order chi connectivity index (χ0) is 16.0. The van der Waals surface area contributed by atoms with Gasteiger partial charge in [0.15, 0.2) is 6.10 Å². The van der Waals surface area contributed by atoms with Gasteiger partial charge in [-0.3, -0.25) is 0 Å². The molecule has 1 aliphatic carbocycles. The van der Waals surface area contributed by atoms with Crippen LogP contribution in [0.5, 0.6) is 0 Å². The Balaban J connectivity index is 2.56. The van der Waals surface area contributed by atoms with Gasteiger partial charge in [0.1, 0.15) is 5.60 Å². The molecular weight excluding hydrogens is 274 g/mol. The van der Waals surface area contributed by atoms with E-state index in [1.807, 2.05) is 0 Å². The van der Waals surface area contributed by atoms with Crippen LogP contribution in [0, 0.1) is 5.92 Å². The number of nitrogens with one attached hydrogen (secondary N) is 1. The van der Waals surface area contributed by atoms with Crippen molar-refractivity contribution in [1.29, 1.82) is 0 Å². The average molecular weight is 301 g/mol. The van der Waals surface area contributed by atoms with Crippen LogP contribution in [0.1, 0.15) is 52.9 Å². The highest BCUT2D eigenvalue weighted by Gasteiger charge is 2.31. The lowest BCUT2D eigenvalue weighted by atomic mass is 9.81. The Bertz CT molecular complexity index is 360. The summed E-state index contributed by atoms with van der Waals surface area (Å²) in [4.78, 5) is 23.3. The fraction of sp³-hybridized carbons (Fsp3) is 0.867. The summed E-state index contributed by atoms with van der Waals surface area (Å²) in [7, 11) is 1.21. The number of hydrogen-bond acceptors (Lipinski definition) is 5. The number of carbonyl (C=O) groups is 2. The van der Waals surface area contributed by atoms with Gasteiger partial charge in [0.2, 0.25) is 0 Å². The van der Waals surface area contributed by atoms with E-state index in [1.54, 1.807) is 20.8 Å². The monoisotopic (exact) mass is 301 g/mol. The molecule has 0 bridgehead atoms. The fourth-order valence-corrected chi connectivity index (χ4v) is 2.25. The Hall–Kier alpha value is -1.30. The maximum Gasteiger partial charge on any atom is 0.407 e. The molecule has 1 rings (SSSR count). The molecule has 1 aliphatic rings. The van der Waals surface area contributed by atoms with Crippen LogP contribution in [0.15, 0.2) is 0 Å². The Morgan fingerprint density at radius 2 is 1.95 bits per heavy atom. The van der Waals surface area contributed by atoms with Gasteiger partial charge in [0.25, 0.3) is 0 Å². The van der Waals surface area contributed by atoms with Gasteiger partial charge >= 0.3 is 12.1 Å². The minimum Gasteiger partial charge on any atom is -0.467 e. The Kier molecular flexibility index (Phi) is 6.45. The molecule has 0 aliphatic heterocycles. The zero-order valence-corrected chi connectivity index (χ0v) is 13.3. The summed E-state index contributed by atoms with van der Waals surface area (Å²) in [5, 5.41) is 12.6. The van der Waals surface area contributed by atoms with Crippen LogP contribution in [0.25, 0.3) is 0 Å². The third-order valence-corrected chi connectivity index (χ3v) is 3.64. The standard InChI is InChI=1S/C15H27NO5/c1-15(2,3)21-14(19)16-11(12(17)13(18)20-4)9-8-10-6-5-7-10/h10-12,17H,5-9H2,1-4H3,(H,16,19). The first kappa shape index (κ1) is 17.8. The highest BCUT2D eigenvalue weighted by atomic mass is 16.6. The van der Waals surface area contributed by atoms with Crippen LogP contribution in [0.4, 0.5) is 4.79 Å². The Labute approximate surface area is 126 Å².